The first-order valence-electron chi connectivity index (χ1n) is 6.61. The maximum atomic E-state index is 4.33. The second-order valence-electron chi connectivity index (χ2n) is 4.60. The van der Waals surface area contributed by atoms with Crippen LogP contribution < -0.4 is 5.32 Å². The molecule has 3 heteroatoms. The Morgan fingerprint density at radius 2 is 2.24 bits per heavy atom. The highest BCUT2D eigenvalue weighted by Gasteiger charge is 2.03. The Morgan fingerprint density at radius 1 is 1.47 bits per heavy atom. The van der Waals surface area contributed by atoms with Gasteiger partial charge >= 0.3 is 0 Å². The predicted octanol–water partition coefficient (Wildman–Crippen LogP) is 3.08. The van der Waals surface area contributed by atoms with Crippen LogP contribution in [0.4, 0.5) is 0 Å². The molecule has 1 aromatic heterocycles. The summed E-state index contributed by atoms with van der Waals surface area (Å²) in [6.07, 6.45) is 8.56. The Bertz CT molecular complexity index is 352. The number of hydrogen-bond donors (Lipinski definition) is 1. The quantitative estimate of drug-likeness (QED) is 0.787. The standard InChI is InChI=1S/C14H25N3/c1-5-7-15-13(4)12(3)9-14-10-16-17(11-14)8-6-2/h9-11,13,15H,5-8H2,1-4H3. The molecular weight excluding hydrogens is 210 g/mol. The molecule has 1 atom stereocenters. The summed E-state index contributed by atoms with van der Waals surface area (Å²) in [6, 6.07) is 0.435. The summed E-state index contributed by atoms with van der Waals surface area (Å²) in [6.45, 7) is 10.8. The molecule has 0 aliphatic heterocycles. The van der Waals surface area contributed by atoms with Crippen LogP contribution in [-0.4, -0.2) is 22.4 Å². The van der Waals surface area contributed by atoms with Crippen molar-refractivity contribution >= 4 is 6.08 Å². The van der Waals surface area contributed by atoms with E-state index in [9.17, 15) is 0 Å². The lowest BCUT2D eigenvalue weighted by molar-refractivity contribution is 0.602. The highest BCUT2D eigenvalue weighted by molar-refractivity contribution is 5.51. The maximum absolute atomic E-state index is 4.33. The van der Waals surface area contributed by atoms with Crippen molar-refractivity contribution in [1.82, 2.24) is 15.1 Å². The number of nitrogens with one attached hydrogen (secondary N) is 1. The summed E-state index contributed by atoms with van der Waals surface area (Å²) < 4.78 is 2.00. The molecule has 0 spiro atoms. The molecule has 0 bridgehead atoms. The first-order chi connectivity index (χ1) is 8.17. The lowest BCUT2D eigenvalue weighted by Gasteiger charge is -2.13. The van der Waals surface area contributed by atoms with Crippen LogP contribution in [0.3, 0.4) is 0 Å². The van der Waals surface area contributed by atoms with Crippen molar-refractivity contribution in [2.45, 2.75) is 53.1 Å². The lowest BCUT2D eigenvalue weighted by Crippen LogP contribution is -2.27. The molecule has 0 aromatic carbocycles. The van der Waals surface area contributed by atoms with Gasteiger partial charge in [0.1, 0.15) is 0 Å². The molecule has 17 heavy (non-hydrogen) atoms. The van der Waals surface area contributed by atoms with Crippen molar-refractivity contribution in [2.24, 2.45) is 0 Å². The van der Waals surface area contributed by atoms with E-state index in [1.807, 2.05) is 10.9 Å². The van der Waals surface area contributed by atoms with Gasteiger partial charge in [-0.05, 0) is 33.2 Å². The first-order valence-corrected chi connectivity index (χ1v) is 6.61. The van der Waals surface area contributed by atoms with Crippen LogP contribution in [-0.2, 0) is 6.54 Å². The van der Waals surface area contributed by atoms with Gasteiger partial charge in [0.2, 0.25) is 0 Å². The van der Waals surface area contributed by atoms with Crippen molar-refractivity contribution in [3.63, 3.8) is 0 Å². The van der Waals surface area contributed by atoms with Crippen molar-refractivity contribution in [3.8, 4) is 0 Å². The lowest BCUT2D eigenvalue weighted by atomic mass is 10.1. The highest BCUT2D eigenvalue weighted by atomic mass is 15.3. The SMILES string of the molecule is CCCNC(C)C(C)=Cc1cnn(CCC)c1. The summed E-state index contributed by atoms with van der Waals surface area (Å²) in [5.41, 5.74) is 2.55. The van der Waals surface area contributed by atoms with Gasteiger partial charge in [0.25, 0.3) is 0 Å². The molecule has 1 N–H and O–H groups in total. The van der Waals surface area contributed by atoms with E-state index in [-0.39, 0.29) is 0 Å². The van der Waals surface area contributed by atoms with E-state index >= 15 is 0 Å². The molecule has 1 heterocycles. The number of rotatable bonds is 7. The summed E-state index contributed by atoms with van der Waals surface area (Å²) >= 11 is 0. The van der Waals surface area contributed by atoms with Crippen LogP contribution in [0.25, 0.3) is 6.08 Å². The Kier molecular flexibility index (Phi) is 5.98. The predicted molar refractivity (Wildman–Crippen MR) is 73.9 cm³/mol. The number of nitrogens with zero attached hydrogens (tertiary/aromatic N) is 2. The van der Waals surface area contributed by atoms with E-state index in [4.69, 9.17) is 0 Å². The summed E-state index contributed by atoms with van der Waals surface area (Å²) in [5, 5.41) is 7.82. The second-order valence-corrected chi connectivity index (χ2v) is 4.60. The summed E-state index contributed by atoms with van der Waals surface area (Å²) in [4.78, 5) is 0. The van der Waals surface area contributed by atoms with Crippen LogP contribution in [0.2, 0.25) is 0 Å². The summed E-state index contributed by atoms with van der Waals surface area (Å²) in [7, 11) is 0. The van der Waals surface area contributed by atoms with E-state index in [0.29, 0.717) is 6.04 Å². The molecule has 3 nitrogen and oxygen atoms in total. The third-order valence-corrected chi connectivity index (χ3v) is 2.88. The van der Waals surface area contributed by atoms with E-state index in [1.54, 1.807) is 0 Å². The number of hydrogen-bond acceptors (Lipinski definition) is 2. The Labute approximate surface area is 105 Å². The Morgan fingerprint density at radius 3 is 2.88 bits per heavy atom. The van der Waals surface area contributed by atoms with Gasteiger partial charge in [0.05, 0.1) is 6.20 Å². The van der Waals surface area contributed by atoms with Gasteiger partial charge in [-0.25, -0.2) is 0 Å². The molecule has 1 aromatic rings. The zero-order chi connectivity index (χ0) is 12.7. The Hall–Kier alpha value is -1.09. The van der Waals surface area contributed by atoms with Gasteiger partial charge < -0.3 is 5.32 Å². The van der Waals surface area contributed by atoms with Crippen LogP contribution in [0.15, 0.2) is 18.0 Å². The van der Waals surface area contributed by atoms with Crippen LogP contribution >= 0.6 is 0 Å². The molecule has 0 saturated carbocycles. The van der Waals surface area contributed by atoms with Gasteiger partial charge in [-0.2, -0.15) is 5.10 Å². The maximum Gasteiger partial charge on any atom is 0.0562 e. The zero-order valence-corrected chi connectivity index (χ0v) is 11.5. The fourth-order valence-corrected chi connectivity index (χ4v) is 1.72. The minimum Gasteiger partial charge on any atom is -0.311 e. The van der Waals surface area contributed by atoms with Crippen LogP contribution in [0, 0.1) is 0 Å². The van der Waals surface area contributed by atoms with Crippen LogP contribution in [0.1, 0.15) is 46.1 Å². The molecule has 96 valence electrons. The van der Waals surface area contributed by atoms with E-state index in [2.05, 4.69) is 50.4 Å². The number of aromatic nitrogens is 2. The van der Waals surface area contributed by atoms with Crippen molar-refractivity contribution in [3.05, 3.63) is 23.5 Å². The largest absolute Gasteiger partial charge is 0.311 e. The first kappa shape index (κ1) is 14.0. The van der Waals surface area contributed by atoms with Crippen molar-refractivity contribution < 1.29 is 0 Å². The fraction of sp³-hybridized carbons (Fsp3) is 0.643. The summed E-state index contributed by atoms with van der Waals surface area (Å²) in [5.74, 6) is 0. The van der Waals surface area contributed by atoms with Gasteiger partial charge in [0.15, 0.2) is 0 Å². The molecular formula is C14H25N3. The van der Waals surface area contributed by atoms with E-state index < -0.39 is 0 Å². The smallest absolute Gasteiger partial charge is 0.0562 e. The molecule has 1 rings (SSSR count). The number of aryl methyl sites for hydroxylation is 1. The van der Waals surface area contributed by atoms with Crippen molar-refractivity contribution in [1.29, 1.82) is 0 Å². The van der Waals surface area contributed by atoms with Crippen LogP contribution in [0.5, 0.6) is 0 Å². The normalized spacial score (nSPS) is 14.0. The fourth-order valence-electron chi connectivity index (χ4n) is 1.72. The molecule has 0 aliphatic carbocycles. The Balaban J connectivity index is 2.59. The third-order valence-electron chi connectivity index (χ3n) is 2.88. The molecule has 0 saturated heterocycles. The zero-order valence-electron chi connectivity index (χ0n) is 11.5. The molecule has 0 radical (unpaired) electrons. The molecule has 0 amide bonds. The van der Waals surface area contributed by atoms with Crippen molar-refractivity contribution in [2.75, 3.05) is 6.54 Å². The minimum atomic E-state index is 0.435. The molecule has 0 fully saturated rings. The van der Waals surface area contributed by atoms with Gasteiger partial charge in [-0.3, -0.25) is 4.68 Å². The van der Waals surface area contributed by atoms with Gasteiger partial charge in [-0.1, -0.05) is 25.5 Å². The van der Waals surface area contributed by atoms with Gasteiger partial charge in [-0.15, -0.1) is 0 Å². The monoisotopic (exact) mass is 235 g/mol. The average molecular weight is 235 g/mol. The average Bonchev–Trinajstić information content (AvgIpc) is 2.74. The molecule has 1 unspecified atom stereocenters. The van der Waals surface area contributed by atoms with Gasteiger partial charge in [0, 0.05) is 24.3 Å². The third kappa shape index (κ3) is 4.73. The minimum absolute atomic E-state index is 0.435. The molecule has 0 aliphatic rings. The topological polar surface area (TPSA) is 29.9 Å². The van der Waals surface area contributed by atoms with E-state index in [1.165, 1.54) is 17.6 Å². The highest BCUT2D eigenvalue weighted by Crippen LogP contribution is 2.09. The second kappa shape index (κ2) is 7.28. The van der Waals surface area contributed by atoms with E-state index in [0.717, 1.165) is 19.5 Å².